The molecule has 6 heteroatoms. The summed E-state index contributed by atoms with van der Waals surface area (Å²) in [6.07, 6.45) is -2.17. The van der Waals surface area contributed by atoms with Crippen LogP contribution < -0.4 is 20.4 Å². The van der Waals surface area contributed by atoms with E-state index in [1.165, 1.54) is 12.8 Å². The maximum Gasteiger partial charge on any atom is -0.0431 e. The highest BCUT2D eigenvalue weighted by molar-refractivity contribution is 5.47. The molecule has 0 aliphatic rings. The van der Waals surface area contributed by atoms with Gasteiger partial charge in [0, 0.05) is 0 Å². The van der Waals surface area contributed by atoms with Crippen molar-refractivity contribution in [2.45, 2.75) is 40.5 Å². The molecule has 0 spiro atoms. The van der Waals surface area contributed by atoms with Crippen molar-refractivity contribution in [3.63, 3.8) is 0 Å². The summed E-state index contributed by atoms with van der Waals surface area (Å²) < 4.78 is 0. The first-order valence-corrected chi connectivity index (χ1v) is 4.05. The van der Waals surface area contributed by atoms with Gasteiger partial charge in [0.2, 0.25) is 0 Å². The lowest BCUT2D eigenvalue weighted by Gasteiger charge is -1.96. The quantitative estimate of drug-likeness (QED) is 0.450. The van der Waals surface area contributed by atoms with E-state index < -0.39 is 12.3 Å². The van der Waals surface area contributed by atoms with Crippen molar-refractivity contribution in [3.05, 3.63) is 0 Å². The summed E-state index contributed by atoms with van der Waals surface area (Å²) >= 11 is 0. The van der Waals surface area contributed by atoms with Crippen molar-refractivity contribution in [2.24, 2.45) is 0 Å². The number of hydrogen-bond acceptors (Lipinski definition) is 6. The lowest BCUT2D eigenvalue weighted by atomic mass is 10.6. The van der Waals surface area contributed by atoms with Crippen molar-refractivity contribution in [2.75, 3.05) is 0 Å². The molecule has 0 heterocycles. The van der Waals surface area contributed by atoms with E-state index in [-0.39, 0.29) is 0 Å². The summed E-state index contributed by atoms with van der Waals surface area (Å²) in [6, 6.07) is 0. The van der Waals surface area contributed by atoms with Crippen LogP contribution in [0.1, 0.15) is 40.5 Å². The van der Waals surface area contributed by atoms with E-state index in [1.807, 2.05) is 0 Å². The highest BCUT2D eigenvalue weighted by atomic mass is 16.6. The van der Waals surface area contributed by atoms with E-state index in [9.17, 15) is 0 Å². The number of carbonyl (C=O) groups excluding carboxylic acids is 2. The minimum atomic E-state index is -2.33. The first-order chi connectivity index (χ1) is 6.29. The zero-order chi connectivity index (χ0) is 12.6. The van der Waals surface area contributed by atoms with Crippen molar-refractivity contribution >= 4 is 12.3 Å². The summed E-state index contributed by atoms with van der Waals surface area (Å²) in [7, 11) is 0. The molecule has 0 fully saturated rings. The average molecular weight is 208 g/mol. The van der Waals surface area contributed by atoms with Crippen molar-refractivity contribution in [3.8, 4) is 0 Å². The van der Waals surface area contributed by atoms with E-state index in [0.29, 0.717) is 0 Å². The topological polar surface area (TPSA) is 126 Å². The van der Waals surface area contributed by atoms with Gasteiger partial charge in [-0.15, -0.1) is 0 Å². The van der Waals surface area contributed by atoms with Crippen LogP contribution in [0.25, 0.3) is 0 Å². The molecule has 88 valence electrons. The van der Waals surface area contributed by atoms with Gasteiger partial charge in [0.25, 0.3) is 0 Å². The molecule has 0 radical (unpaired) electrons. The van der Waals surface area contributed by atoms with Crippen LogP contribution in [0.15, 0.2) is 0 Å². The van der Waals surface area contributed by atoms with Gasteiger partial charge in [0.1, 0.15) is 0 Å². The predicted molar refractivity (Wildman–Crippen MR) is 42.7 cm³/mol. The predicted octanol–water partition coefficient (Wildman–Crippen LogP) is -2.06. The minimum absolute atomic E-state index is 1.25. The summed E-state index contributed by atoms with van der Waals surface area (Å²) in [5, 5.41) is 33.3. The second-order valence-corrected chi connectivity index (χ2v) is 1.91. The van der Waals surface area contributed by atoms with Crippen LogP contribution in [0.3, 0.4) is 0 Å². The van der Waals surface area contributed by atoms with Crippen LogP contribution in [0.2, 0.25) is 0 Å². The Bertz CT molecular complexity index is 90.4. The molecule has 0 N–H and O–H groups in total. The minimum Gasteiger partial charge on any atom is -0.652 e. The molecule has 0 aliphatic heterocycles. The largest absolute Gasteiger partial charge is 0.652 e. The van der Waals surface area contributed by atoms with Gasteiger partial charge < -0.3 is 30.0 Å². The second-order valence-electron chi connectivity index (χ2n) is 1.91. The van der Waals surface area contributed by atoms with Gasteiger partial charge in [-0.25, -0.2) is 0 Å². The molecule has 0 unspecified atom stereocenters. The molecule has 6 nitrogen and oxygen atoms in total. The Kier molecular flexibility index (Phi) is 49.0. The smallest absolute Gasteiger partial charge is 0.0431 e. The zero-order valence-electron chi connectivity index (χ0n) is 8.86. The summed E-state index contributed by atoms with van der Waals surface area (Å²) in [5.74, 6) is 0. The Morgan fingerprint density at radius 1 is 0.714 bits per heavy atom. The van der Waals surface area contributed by atoms with Crippen LogP contribution in [-0.4, -0.2) is 12.3 Å². The third kappa shape index (κ3) is 450. The third-order valence-electron chi connectivity index (χ3n) is 0. The highest BCUT2D eigenvalue weighted by Crippen LogP contribution is 1.56. The molecular weight excluding hydrogens is 192 g/mol. The monoisotopic (exact) mass is 208 g/mol. The van der Waals surface area contributed by atoms with Gasteiger partial charge in [-0.1, -0.05) is 40.5 Å². The molecule has 0 aliphatic carbocycles. The van der Waals surface area contributed by atoms with Crippen molar-refractivity contribution in [1.82, 2.24) is 0 Å². The van der Waals surface area contributed by atoms with Crippen LogP contribution in [-0.2, 0) is 0 Å². The molecule has 14 heavy (non-hydrogen) atoms. The van der Waals surface area contributed by atoms with E-state index in [4.69, 9.17) is 30.0 Å². The summed E-state index contributed by atoms with van der Waals surface area (Å²) in [4.78, 5) is 16.7. The van der Waals surface area contributed by atoms with Crippen LogP contribution >= 0.6 is 0 Å². The number of rotatable bonds is 0. The Balaban J connectivity index is -0.0000000482. The van der Waals surface area contributed by atoms with E-state index in [2.05, 4.69) is 27.7 Å². The molecule has 0 aromatic carbocycles. The van der Waals surface area contributed by atoms with Crippen molar-refractivity contribution < 1.29 is 30.0 Å². The number of carboxylic acid groups (broad SMARTS) is 4. The zero-order valence-corrected chi connectivity index (χ0v) is 8.86. The van der Waals surface area contributed by atoms with Gasteiger partial charge in [-0.05, 0) is 12.3 Å². The molecule has 0 amide bonds. The molecular formula is C8H16O6-4. The SMILES string of the molecule is CCC.CCC.O=C([O-])[O-].O=C([O-])[O-]. The number of carbonyl (C=O) groups is 2. The van der Waals surface area contributed by atoms with Gasteiger partial charge >= 0.3 is 0 Å². The molecule has 0 rings (SSSR count). The Hall–Kier alpha value is -1.46. The third-order valence-corrected chi connectivity index (χ3v) is 0. The van der Waals surface area contributed by atoms with Crippen molar-refractivity contribution in [1.29, 1.82) is 0 Å². The van der Waals surface area contributed by atoms with Gasteiger partial charge in [0.15, 0.2) is 0 Å². The maximum absolute atomic E-state index is 8.33. The molecule has 0 aromatic rings. The molecule has 0 bridgehead atoms. The van der Waals surface area contributed by atoms with E-state index in [1.54, 1.807) is 0 Å². The van der Waals surface area contributed by atoms with Crippen LogP contribution in [0.5, 0.6) is 0 Å². The number of hydrogen-bond donors (Lipinski definition) is 0. The lowest BCUT2D eigenvalue weighted by Crippen LogP contribution is -2.37. The highest BCUT2D eigenvalue weighted by Gasteiger charge is 1.36. The Morgan fingerprint density at radius 3 is 0.714 bits per heavy atom. The fourth-order valence-corrected chi connectivity index (χ4v) is 0. The van der Waals surface area contributed by atoms with Gasteiger partial charge in [-0.2, -0.15) is 0 Å². The normalized spacial score (nSPS) is 6.00. The fourth-order valence-electron chi connectivity index (χ4n) is 0. The Labute approximate surface area is 83.8 Å². The summed E-state index contributed by atoms with van der Waals surface area (Å²) in [5.41, 5.74) is 0. The molecule has 0 aromatic heterocycles. The maximum atomic E-state index is 8.33. The first kappa shape index (κ1) is 22.9. The van der Waals surface area contributed by atoms with E-state index >= 15 is 0 Å². The second kappa shape index (κ2) is 30.0. The first-order valence-electron chi connectivity index (χ1n) is 4.05. The fraction of sp³-hybridized carbons (Fsp3) is 0.750. The van der Waals surface area contributed by atoms with Gasteiger partial charge in [-0.3, -0.25) is 0 Å². The van der Waals surface area contributed by atoms with Crippen LogP contribution in [0.4, 0.5) is 9.59 Å². The average Bonchev–Trinajstić information content (AvgIpc) is 1.85. The van der Waals surface area contributed by atoms with Gasteiger partial charge in [0.05, 0.1) is 0 Å². The standard InChI is InChI=1S/2C3H8.2CH2O3/c2*1-3-2;2*2-1(3)4/h2*3H2,1-2H3;2*(H2,2,3,4)/p-4. The summed E-state index contributed by atoms with van der Waals surface area (Å²) in [6.45, 7) is 8.50. The van der Waals surface area contributed by atoms with Crippen LogP contribution in [0, 0.1) is 0 Å². The molecule has 0 atom stereocenters. The Morgan fingerprint density at radius 2 is 0.714 bits per heavy atom. The van der Waals surface area contributed by atoms with E-state index in [0.717, 1.165) is 0 Å². The lowest BCUT2D eigenvalue weighted by molar-refractivity contribution is -0.417. The molecule has 0 saturated heterocycles. The molecule has 0 saturated carbocycles.